The van der Waals surface area contributed by atoms with E-state index in [1.807, 2.05) is 0 Å². The molecule has 8 heteroatoms. The normalized spacial score (nSPS) is 11.5. The number of nitrogens with one attached hydrogen (secondary N) is 1. The third-order valence-corrected chi connectivity index (χ3v) is 2.07. The molecule has 84 valence electrons. The molecular weight excluding hydrogens is 328 g/mol. The molecule has 1 heterocycles. The molecule has 0 radical (unpaired) electrons. The van der Waals surface area contributed by atoms with Crippen LogP contribution >= 0.6 is 22.6 Å². The number of ether oxygens (including phenoxy) is 1. The van der Waals surface area contributed by atoms with Crippen molar-refractivity contribution in [1.82, 2.24) is 4.98 Å². The summed E-state index contributed by atoms with van der Waals surface area (Å²) in [5, 5.41) is 0. The molecule has 1 aromatic rings. The summed E-state index contributed by atoms with van der Waals surface area (Å²) in [6.07, 6.45) is -4.85. The van der Waals surface area contributed by atoms with Crippen LogP contribution in [0.4, 0.5) is 13.2 Å². The summed E-state index contributed by atoms with van der Waals surface area (Å²) in [5.41, 5.74) is 4.34. The molecule has 0 saturated carbocycles. The second-order valence-electron chi connectivity index (χ2n) is 2.54. The van der Waals surface area contributed by atoms with Crippen LogP contribution in [-0.2, 0) is 6.54 Å². The van der Waals surface area contributed by atoms with E-state index in [1.165, 1.54) is 0 Å². The van der Waals surface area contributed by atoms with Crippen LogP contribution < -0.4 is 15.9 Å². The summed E-state index contributed by atoms with van der Waals surface area (Å²) < 4.78 is 39.7. The van der Waals surface area contributed by atoms with Gasteiger partial charge in [-0.05, 0) is 22.6 Å². The number of halogens is 4. The Kier molecular flexibility index (Phi) is 3.60. The average molecular weight is 334 g/mol. The summed E-state index contributed by atoms with van der Waals surface area (Å²) in [7, 11) is 0. The molecule has 0 amide bonds. The van der Waals surface area contributed by atoms with Crippen LogP contribution in [0.2, 0.25) is 0 Å². The van der Waals surface area contributed by atoms with Crippen molar-refractivity contribution in [2.24, 2.45) is 5.73 Å². The highest BCUT2D eigenvalue weighted by atomic mass is 127. The third kappa shape index (κ3) is 3.38. The van der Waals surface area contributed by atoms with E-state index in [-0.39, 0.29) is 15.8 Å². The van der Waals surface area contributed by atoms with E-state index >= 15 is 0 Å². The summed E-state index contributed by atoms with van der Waals surface area (Å²) >= 11 is 1.67. The fourth-order valence-electron chi connectivity index (χ4n) is 0.930. The first-order valence-corrected chi connectivity index (χ1v) is 4.79. The number of pyridine rings is 1. The summed E-state index contributed by atoms with van der Waals surface area (Å²) in [6, 6.07) is 1.14. The number of aromatic amines is 1. The van der Waals surface area contributed by atoms with Crippen LogP contribution in [0, 0.1) is 3.70 Å². The van der Waals surface area contributed by atoms with Gasteiger partial charge >= 0.3 is 6.36 Å². The van der Waals surface area contributed by atoms with Crippen molar-refractivity contribution in [2.75, 3.05) is 0 Å². The Hall–Kier alpha value is -0.770. The van der Waals surface area contributed by atoms with Crippen molar-refractivity contribution in [3.05, 3.63) is 25.6 Å². The van der Waals surface area contributed by atoms with Crippen molar-refractivity contribution < 1.29 is 17.9 Å². The molecule has 0 unspecified atom stereocenters. The predicted octanol–water partition coefficient (Wildman–Crippen LogP) is 1.34. The highest BCUT2D eigenvalue weighted by molar-refractivity contribution is 14.1. The van der Waals surface area contributed by atoms with Crippen molar-refractivity contribution in [1.29, 1.82) is 0 Å². The van der Waals surface area contributed by atoms with E-state index in [1.54, 1.807) is 22.6 Å². The number of nitrogens with two attached hydrogens (primary N) is 1. The molecule has 0 fully saturated rings. The van der Waals surface area contributed by atoms with E-state index in [2.05, 4.69) is 9.72 Å². The van der Waals surface area contributed by atoms with Gasteiger partial charge in [-0.2, -0.15) is 0 Å². The second kappa shape index (κ2) is 4.39. The van der Waals surface area contributed by atoms with Gasteiger partial charge in [-0.25, -0.2) is 0 Å². The monoisotopic (exact) mass is 334 g/mol. The van der Waals surface area contributed by atoms with Gasteiger partial charge in [-0.3, -0.25) is 4.79 Å². The molecule has 0 aliphatic rings. The van der Waals surface area contributed by atoms with Gasteiger partial charge in [0, 0.05) is 12.6 Å². The zero-order valence-corrected chi connectivity index (χ0v) is 9.35. The highest BCUT2D eigenvalue weighted by Crippen LogP contribution is 2.22. The maximum absolute atomic E-state index is 11.9. The van der Waals surface area contributed by atoms with Gasteiger partial charge < -0.3 is 15.5 Å². The molecular formula is C7H6F3IN2O2. The first kappa shape index (κ1) is 12.3. The van der Waals surface area contributed by atoms with E-state index in [4.69, 9.17) is 5.73 Å². The molecule has 15 heavy (non-hydrogen) atoms. The van der Waals surface area contributed by atoms with Crippen LogP contribution in [0.1, 0.15) is 5.56 Å². The number of H-pyrrole nitrogens is 1. The summed E-state index contributed by atoms with van der Waals surface area (Å²) in [6.45, 7) is -0.322. The minimum atomic E-state index is -4.85. The van der Waals surface area contributed by atoms with Gasteiger partial charge in [0.2, 0.25) is 5.88 Å². The van der Waals surface area contributed by atoms with Gasteiger partial charge in [0.15, 0.2) is 5.43 Å². The smallest absolute Gasteiger partial charge is 0.389 e. The molecule has 0 saturated heterocycles. The zero-order chi connectivity index (χ0) is 11.6. The zero-order valence-electron chi connectivity index (χ0n) is 7.19. The maximum atomic E-state index is 11.9. The molecule has 0 aliphatic carbocycles. The van der Waals surface area contributed by atoms with Gasteiger partial charge in [0.05, 0.1) is 9.26 Å². The number of hydrogen-bond acceptors (Lipinski definition) is 3. The molecule has 1 aromatic heterocycles. The Labute approximate surface area is 95.8 Å². The molecule has 0 spiro atoms. The molecule has 0 aliphatic heterocycles. The lowest BCUT2D eigenvalue weighted by Crippen LogP contribution is -2.23. The predicted molar refractivity (Wildman–Crippen MR) is 54.4 cm³/mol. The van der Waals surface area contributed by atoms with Crippen LogP contribution in [0.5, 0.6) is 5.88 Å². The fourth-order valence-corrected chi connectivity index (χ4v) is 1.46. The van der Waals surface area contributed by atoms with Gasteiger partial charge in [0.25, 0.3) is 0 Å². The molecule has 4 nitrogen and oxygen atoms in total. The van der Waals surface area contributed by atoms with Crippen molar-refractivity contribution in [3.8, 4) is 5.88 Å². The van der Waals surface area contributed by atoms with Gasteiger partial charge in [-0.15, -0.1) is 13.2 Å². The molecule has 0 aromatic carbocycles. The largest absolute Gasteiger partial charge is 0.574 e. The van der Waals surface area contributed by atoms with Crippen LogP contribution in [0.15, 0.2) is 10.9 Å². The minimum absolute atomic E-state index is 0.229. The Morgan fingerprint density at radius 3 is 2.60 bits per heavy atom. The summed E-state index contributed by atoms with van der Waals surface area (Å²) in [5.74, 6) is -0.651. The SMILES string of the molecule is NCc1c(OC(F)(F)F)[nH]c(I)cc1=O. The Morgan fingerprint density at radius 2 is 2.13 bits per heavy atom. The third-order valence-electron chi connectivity index (χ3n) is 1.48. The highest BCUT2D eigenvalue weighted by Gasteiger charge is 2.33. The second-order valence-corrected chi connectivity index (χ2v) is 3.70. The minimum Gasteiger partial charge on any atom is -0.389 e. The maximum Gasteiger partial charge on any atom is 0.574 e. The number of aromatic nitrogens is 1. The van der Waals surface area contributed by atoms with Gasteiger partial charge in [0.1, 0.15) is 0 Å². The molecule has 0 atom stereocenters. The quantitative estimate of drug-likeness (QED) is 0.634. The number of alkyl halides is 3. The lowest BCUT2D eigenvalue weighted by Gasteiger charge is -2.11. The first-order valence-electron chi connectivity index (χ1n) is 3.71. The van der Waals surface area contributed by atoms with Crippen LogP contribution in [0.3, 0.4) is 0 Å². The van der Waals surface area contributed by atoms with E-state index in [0.717, 1.165) is 6.07 Å². The Bertz CT molecular complexity index is 416. The fraction of sp³-hybridized carbons (Fsp3) is 0.286. The van der Waals surface area contributed by atoms with Crippen molar-refractivity contribution in [3.63, 3.8) is 0 Å². The molecule has 0 bridgehead atoms. The molecule has 3 N–H and O–H groups in total. The van der Waals surface area contributed by atoms with E-state index in [0.29, 0.717) is 0 Å². The van der Waals surface area contributed by atoms with Crippen molar-refractivity contribution in [2.45, 2.75) is 12.9 Å². The Morgan fingerprint density at radius 1 is 1.53 bits per heavy atom. The summed E-state index contributed by atoms with van der Waals surface area (Å²) in [4.78, 5) is 13.5. The molecule has 1 rings (SSSR count). The lowest BCUT2D eigenvalue weighted by molar-refractivity contribution is -0.276. The van der Waals surface area contributed by atoms with Crippen LogP contribution in [0.25, 0.3) is 0 Å². The topological polar surface area (TPSA) is 68.1 Å². The lowest BCUT2D eigenvalue weighted by atomic mass is 10.2. The Balaban J connectivity index is 3.21. The first-order chi connectivity index (χ1) is 6.83. The number of rotatable bonds is 2. The van der Waals surface area contributed by atoms with E-state index in [9.17, 15) is 18.0 Å². The average Bonchev–Trinajstić information content (AvgIpc) is 1.99. The van der Waals surface area contributed by atoms with Crippen LogP contribution in [-0.4, -0.2) is 11.3 Å². The standard InChI is InChI=1S/C7H6F3IN2O2/c8-7(9,10)15-6-3(2-12)4(14)1-5(11)13-6/h1H,2,12H2,(H,13,14). The number of hydrogen-bond donors (Lipinski definition) is 2. The van der Waals surface area contributed by atoms with Crippen molar-refractivity contribution >= 4 is 22.6 Å². The van der Waals surface area contributed by atoms with Gasteiger partial charge in [-0.1, -0.05) is 0 Å². The van der Waals surface area contributed by atoms with E-state index < -0.39 is 17.7 Å².